The fraction of sp³-hybridized carbons (Fsp3) is 0.588. The van der Waals surface area contributed by atoms with Gasteiger partial charge in [-0.05, 0) is 44.9 Å². The molecule has 22 heavy (non-hydrogen) atoms. The zero-order valence-corrected chi connectivity index (χ0v) is 13.1. The van der Waals surface area contributed by atoms with Crippen LogP contribution in [0, 0.1) is 19.8 Å². The quantitative estimate of drug-likeness (QED) is 0.873. The number of carboxylic acids is 1. The van der Waals surface area contributed by atoms with Gasteiger partial charge in [0.05, 0.1) is 12.0 Å². The highest BCUT2D eigenvalue weighted by Crippen LogP contribution is 2.38. The predicted molar refractivity (Wildman–Crippen MR) is 82.1 cm³/mol. The highest BCUT2D eigenvalue weighted by molar-refractivity contribution is 5.70. The number of piperidine rings is 1. The first-order valence-electron chi connectivity index (χ1n) is 7.86. The SMILES string of the molecule is Cc1cc(C)c2c(c1)C(O)C(N1CCCC(C(=O)O)C1)CO2. The second kappa shape index (κ2) is 5.89. The van der Waals surface area contributed by atoms with Gasteiger partial charge in [-0.3, -0.25) is 9.69 Å². The highest BCUT2D eigenvalue weighted by Gasteiger charge is 2.37. The molecule has 120 valence electrons. The number of likely N-dealkylation sites (tertiary alicyclic amines) is 1. The molecule has 2 heterocycles. The Balaban J connectivity index is 1.83. The van der Waals surface area contributed by atoms with Crippen molar-refractivity contribution in [3.63, 3.8) is 0 Å². The van der Waals surface area contributed by atoms with Gasteiger partial charge in [0, 0.05) is 12.1 Å². The van der Waals surface area contributed by atoms with E-state index in [0.717, 1.165) is 35.4 Å². The molecular weight excluding hydrogens is 282 g/mol. The van der Waals surface area contributed by atoms with Crippen molar-refractivity contribution in [1.29, 1.82) is 0 Å². The summed E-state index contributed by atoms with van der Waals surface area (Å²) in [5.41, 5.74) is 2.96. The van der Waals surface area contributed by atoms with Gasteiger partial charge < -0.3 is 14.9 Å². The Kier molecular flexibility index (Phi) is 4.10. The molecule has 1 fully saturated rings. The lowest BCUT2D eigenvalue weighted by molar-refractivity contribution is -0.144. The van der Waals surface area contributed by atoms with Crippen molar-refractivity contribution in [2.24, 2.45) is 5.92 Å². The molecule has 5 nitrogen and oxygen atoms in total. The largest absolute Gasteiger partial charge is 0.491 e. The average molecular weight is 305 g/mol. The Labute approximate surface area is 130 Å². The molecule has 3 unspecified atom stereocenters. The van der Waals surface area contributed by atoms with E-state index in [9.17, 15) is 15.0 Å². The van der Waals surface area contributed by atoms with Gasteiger partial charge in [0.1, 0.15) is 18.5 Å². The number of aliphatic hydroxyl groups excluding tert-OH is 1. The summed E-state index contributed by atoms with van der Waals surface area (Å²) in [6.45, 7) is 5.70. The van der Waals surface area contributed by atoms with E-state index in [0.29, 0.717) is 19.6 Å². The minimum atomic E-state index is -0.747. The molecule has 2 N–H and O–H groups in total. The first-order chi connectivity index (χ1) is 10.5. The third kappa shape index (κ3) is 2.71. The minimum Gasteiger partial charge on any atom is -0.491 e. The van der Waals surface area contributed by atoms with Gasteiger partial charge >= 0.3 is 5.97 Å². The number of aryl methyl sites for hydroxylation is 2. The summed E-state index contributed by atoms with van der Waals surface area (Å²) in [6.07, 6.45) is 0.930. The van der Waals surface area contributed by atoms with Crippen molar-refractivity contribution in [1.82, 2.24) is 4.90 Å². The lowest BCUT2D eigenvalue weighted by Gasteiger charge is -2.42. The van der Waals surface area contributed by atoms with E-state index in [4.69, 9.17) is 4.74 Å². The zero-order valence-electron chi connectivity index (χ0n) is 13.1. The van der Waals surface area contributed by atoms with E-state index in [2.05, 4.69) is 4.90 Å². The second-order valence-electron chi connectivity index (χ2n) is 6.50. The lowest BCUT2D eigenvalue weighted by atomic mass is 9.91. The maximum Gasteiger partial charge on any atom is 0.307 e. The summed E-state index contributed by atoms with van der Waals surface area (Å²) < 4.78 is 5.89. The molecule has 2 aliphatic rings. The molecule has 0 saturated carbocycles. The van der Waals surface area contributed by atoms with Crippen LogP contribution in [0.3, 0.4) is 0 Å². The third-order valence-corrected chi connectivity index (χ3v) is 4.80. The van der Waals surface area contributed by atoms with Crippen LogP contribution < -0.4 is 4.74 Å². The summed E-state index contributed by atoms with van der Waals surface area (Å²) in [6, 6.07) is 3.85. The van der Waals surface area contributed by atoms with Gasteiger partial charge in [0.2, 0.25) is 0 Å². The molecule has 2 aliphatic heterocycles. The summed E-state index contributed by atoms with van der Waals surface area (Å²) in [5.74, 6) is -0.314. The summed E-state index contributed by atoms with van der Waals surface area (Å²) >= 11 is 0. The van der Waals surface area contributed by atoms with Crippen LogP contribution in [-0.2, 0) is 4.79 Å². The zero-order chi connectivity index (χ0) is 15.9. The number of aliphatic carboxylic acids is 1. The van der Waals surface area contributed by atoms with Crippen LogP contribution in [0.1, 0.15) is 35.6 Å². The predicted octanol–water partition coefficient (Wildman–Crippen LogP) is 1.89. The number of carboxylic acid groups (broad SMARTS) is 1. The van der Waals surface area contributed by atoms with Crippen molar-refractivity contribution in [3.8, 4) is 5.75 Å². The normalized spacial score (nSPS) is 28.8. The van der Waals surface area contributed by atoms with E-state index in [1.807, 2.05) is 26.0 Å². The van der Waals surface area contributed by atoms with E-state index in [-0.39, 0.29) is 12.0 Å². The van der Waals surface area contributed by atoms with Gasteiger partial charge in [-0.2, -0.15) is 0 Å². The highest BCUT2D eigenvalue weighted by atomic mass is 16.5. The van der Waals surface area contributed by atoms with Crippen LogP contribution in [0.15, 0.2) is 12.1 Å². The van der Waals surface area contributed by atoms with Crippen LogP contribution in [0.4, 0.5) is 0 Å². The monoisotopic (exact) mass is 305 g/mol. The molecule has 0 spiro atoms. The molecule has 0 aromatic heterocycles. The summed E-state index contributed by atoms with van der Waals surface area (Å²) in [5, 5.41) is 20.0. The van der Waals surface area contributed by atoms with E-state index in [1.165, 1.54) is 0 Å². The molecule has 1 saturated heterocycles. The standard InChI is InChI=1S/C17H23NO4/c1-10-6-11(2)16-13(7-10)15(19)14(9-22-16)18-5-3-4-12(8-18)17(20)21/h6-7,12,14-15,19H,3-5,8-9H2,1-2H3,(H,20,21). The van der Waals surface area contributed by atoms with E-state index < -0.39 is 12.1 Å². The number of benzene rings is 1. The second-order valence-corrected chi connectivity index (χ2v) is 6.50. The average Bonchev–Trinajstić information content (AvgIpc) is 2.48. The Morgan fingerprint density at radius 1 is 1.36 bits per heavy atom. The maximum atomic E-state index is 11.2. The van der Waals surface area contributed by atoms with Gasteiger partial charge in [-0.25, -0.2) is 0 Å². The van der Waals surface area contributed by atoms with E-state index in [1.54, 1.807) is 0 Å². The number of rotatable bonds is 2. The van der Waals surface area contributed by atoms with Crippen molar-refractivity contribution in [2.75, 3.05) is 19.7 Å². The minimum absolute atomic E-state index is 0.171. The number of hydrogen-bond donors (Lipinski definition) is 2. The maximum absolute atomic E-state index is 11.2. The molecule has 0 bridgehead atoms. The van der Waals surface area contributed by atoms with Crippen molar-refractivity contribution in [3.05, 3.63) is 28.8 Å². The molecular formula is C17H23NO4. The van der Waals surface area contributed by atoms with Gasteiger partial charge in [0.25, 0.3) is 0 Å². The fourth-order valence-corrected chi connectivity index (χ4v) is 3.69. The summed E-state index contributed by atoms with van der Waals surface area (Å²) in [7, 11) is 0. The molecule has 0 aliphatic carbocycles. The number of carbonyl (C=O) groups is 1. The number of nitrogens with zero attached hydrogens (tertiary/aromatic N) is 1. The first-order valence-corrected chi connectivity index (χ1v) is 7.86. The molecule has 0 radical (unpaired) electrons. The van der Waals surface area contributed by atoms with Crippen LogP contribution in [0.5, 0.6) is 5.75 Å². The molecule has 3 rings (SSSR count). The Bertz CT molecular complexity index is 586. The topological polar surface area (TPSA) is 70.0 Å². The molecule has 3 atom stereocenters. The van der Waals surface area contributed by atoms with E-state index >= 15 is 0 Å². The Morgan fingerprint density at radius 2 is 2.14 bits per heavy atom. The lowest BCUT2D eigenvalue weighted by Crippen LogP contribution is -2.51. The molecule has 1 aromatic rings. The number of aliphatic hydroxyl groups is 1. The van der Waals surface area contributed by atoms with Gasteiger partial charge in [-0.1, -0.05) is 11.6 Å². The summed E-state index contributed by atoms with van der Waals surface area (Å²) in [4.78, 5) is 13.3. The van der Waals surface area contributed by atoms with Gasteiger partial charge in [-0.15, -0.1) is 0 Å². The van der Waals surface area contributed by atoms with Crippen LogP contribution in [0.25, 0.3) is 0 Å². The number of ether oxygens (including phenoxy) is 1. The van der Waals surface area contributed by atoms with Crippen molar-refractivity contribution in [2.45, 2.75) is 38.8 Å². The van der Waals surface area contributed by atoms with Crippen LogP contribution >= 0.6 is 0 Å². The Morgan fingerprint density at radius 3 is 2.86 bits per heavy atom. The Hall–Kier alpha value is -1.59. The van der Waals surface area contributed by atoms with Crippen LogP contribution in [0.2, 0.25) is 0 Å². The van der Waals surface area contributed by atoms with Gasteiger partial charge in [0.15, 0.2) is 0 Å². The number of fused-ring (bicyclic) bond motifs is 1. The molecule has 5 heteroatoms. The smallest absolute Gasteiger partial charge is 0.307 e. The fourth-order valence-electron chi connectivity index (χ4n) is 3.69. The third-order valence-electron chi connectivity index (χ3n) is 4.80. The van der Waals surface area contributed by atoms with Crippen LogP contribution in [-0.4, -0.2) is 46.8 Å². The molecule has 1 aromatic carbocycles. The van der Waals surface area contributed by atoms with Crippen molar-refractivity contribution >= 4 is 5.97 Å². The van der Waals surface area contributed by atoms with Crippen molar-refractivity contribution < 1.29 is 19.7 Å². The molecule has 0 amide bonds. The number of hydrogen-bond acceptors (Lipinski definition) is 4. The first kappa shape index (κ1) is 15.3.